The van der Waals surface area contributed by atoms with Crippen LogP contribution in [0, 0.1) is 18.4 Å². The van der Waals surface area contributed by atoms with Gasteiger partial charge in [0.2, 0.25) is 0 Å². The molecule has 0 bridgehead atoms. The van der Waals surface area contributed by atoms with Crippen LogP contribution in [0.5, 0.6) is 0 Å². The third-order valence-corrected chi connectivity index (χ3v) is 1.56. The van der Waals surface area contributed by atoms with Crippen molar-refractivity contribution in [3.63, 3.8) is 0 Å². The van der Waals surface area contributed by atoms with Crippen LogP contribution < -0.4 is 0 Å². The molecule has 1 radical (unpaired) electrons. The second kappa shape index (κ2) is 0.784. The van der Waals surface area contributed by atoms with Crippen molar-refractivity contribution in [1.82, 2.24) is 0 Å². The van der Waals surface area contributed by atoms with Crippen LogP contribution in [0.1, 0.15) is 6.42 Å². The Hall–Kier alpha value is -0.0400. The highest BCUT2D eigenvalue weighted by atomic mass is 16.5. The van der Waals surface area contributed by atoms with Gasteiger partial charge in [-0.05, 0) is 18.3 Å². The van der Waals surface area contributed by atoms with Gasteiger partial charge < -0.3 is 4.74 Å². The van der Waals surface area contributed by atoms with Crippen LogP contribution in [-0.2, 0) is 4.74 Å². The predicted octanol–water partition coefficient (Wildman–Crippen LogP) is 0.814. The summed E-state index contributed by atoms with van der Waals surface area (Å²) < 4.78 is 4.98. The van der Waals surface area contributed by atoms with Crippen molar-refractivity contribution in [2.45, 2.75) is 6.42 Å². The highest BCUT2D eigenvalue weighted by Gasteiger charge is 2.42. The maximum absolute atomic E-state index is 4.98. The minimum Gasteiger partial charge on any atom is -0.375 e. The fraction of sp³-hybridized carbons (Fsp3) is 0.800. The summed E-state index contributed by atoms with van der Waals surface area (Å²) in [7, 11) is 0. The minimum atomic E-state index is 0.866. The molecular weight excluding hydrogens is 76.1 g/mol. The molecule has 0 spiro atoms. The quantitative estimate of drug-likeness (QED) is 0.421. The highest BCUT2D eigenvalue weighted by Crippen LogP contribution is 2.45. The molecule has 0 aromatic heterocycles. The molecule has 1 nitrogen and oxygen atoms in total. The van der Waals surface area contributed by atoms with E-state index in [1.807, 2.05) is 6.61 Å². The Bertz CT molecular complexity index is 62.3. The predicted molar refractivity (Wildman–Crippen MR) is 21.8 cm³/mol. The van der Waals surface area contributed by atoms with E-state index in [0.29, 0.717) is 0 Å². The van der Waals surface area contributed by atoms with Gasteiger partial charge >= 0.3 is 0 Å². The normalized spacial score (nSPS) is 52.0. The zero-order valence-electron chi connectivity index (χ0n) is 3.55. The first-order valence-electron chi connectivity index (χ1n) is 2.42. The van der Waals surface area contributed by atoms with E-state index in [4.69, 9.17) is 4.74 Å². The van der Waals surface area contributed by atoms with Crippen molar-refractivity contribution in [2.75, 3.05) is 6.61 Å². The molecular formula is C5H7O. The molecule has 1 aliphatic carbocycles. The highest BCUT2D eigenvalue weighted by molar-refractivity contribution is 4.96. The van der Waals surface area contributed by atoms with Crippen molar-refractivity contribution < 1.29 is 4.74 Å². The molecule has 2 aliphatic rings. The van der Waals surface area contributed by atoms with Gasteiger partial charge in [0.05, 0.1) is 13.2 Å². The third kappa shape index (κ3) is 0.243. The topological polar surface area (TPSA) is 9.23 Å². The average molecular weight is 83.1 g/mol. The molecule has 0 aromatic carbocycles. The molecule has 1 heteroatoms. The van der Waals surface area contributed by atoms with Gasteiger partial charge in [-0.15, -0.1) is 0 Å². The Labute approximate surface area is 37.3 Å². The Morgan fingerprint density at radius 2 is 2.67 bits per heavy atom. The van der Waals surface area contributed by atoms with Gasteiger partial charge in [0.25, 0.3) is 0 Å². The Balaban J connectivity index is 2.09. The summed E-state index contributed by atoms with van der Waals surface area (Å²) in [5.41, 5.74) is 0. The fourth-order valence-electron chi connectivity index (χ4n) is 0.932. The molecule has 0 N–H and O–H groups in total. The maximum Gasteiger partial charge on any atom is 0.0871 e. The first kappa shape index (κ1) is 3.03. The van der Waals surface area contributed by atoms with E-state index in [1.54, 1.807) is 0 Å². The molecule has 1 saturated heterocycles. The summed E-state index contributed by atoms with van der Waals surface area (Å²) in [6.07, 6.45) is 1.40. The summed E-state index contributed by atoms with van der Waals surface area (Å²) in [6.45, 7) is 2.98. The number of hydrogen-bond donors (Lipinski definition) is 0. The monoisotopic (exact) mass is 83.0 g/mol. The number of ether oxygens (including phenoxy) is 1. The van der Waals surface area contributed by atoms with Gasteiger partial charge in [-0.3, -0.25) is 0 Å². The first-order chi connectivity index (χ1) is 2.97. The van der Waals surface area contributed by atoms with Crippen molar-refractivity contribution in [2.24, 2.45) is 11.8 Å². The van der Waals surface area contributed by atoms with Crippen molar-refractivity contribution in [3.05, 3.63) is 6.61 Å². The van der Waals surface area contributed by atoms with E-state index < -0.39 is 0 Å². The smallest absolute Gasteiger partial charge is 0.0871 e. The van der Waals surface area contributed by atoms with E-state index in [1.165, 1.54) is 6.42 Å². The molecule has 6 heavy (non-hydrogen) atoms. The van der Waals surface area contributed by atoms with Gasteiger partial charge in [-0.25, -0.2) is 0 Å². The van der Waals surface area contributed by atoms with Crippen LogP contribution in [0.3, 0.4) is 0 Å². The van der Waals surface area contributed by atoms with Crippen LogP contribution in [-0.4, -0.2) is 6.61 Å². The summed E-state index contributed by atoms with van der Waals surface area (Å²) in [6, 6.07) is 0. The molecule has 2 atom stereocenters. The second-order valence-corrected chi connectivity index (χ2v) is 2.13. The van der Waals surface area contributed by atoms with Crippen LogP contribution in [0.15, 0.2) is 0 Å². The molecule has 2 unspecified atom stereocenters. The molecule has 1 aliphatic heterocycles. The fourth-order valence-corrected chi connectivity index (χ4v) is 0.932. The Morgan fingerprint density at radius 3 is 2.83 bits per heavy atom. The first-order valence-corrected chi connectivity index (χ1v) is 2.42. The van der Waals surface area contributed by atoms with Gasteiger partial charge in [-0.2, -0.15) is 0 Å². The van der Waals surface area contributed by atoms with Gasteiger partial charge in [0.15, 0.2) is 0 Å². The molecule has 2 fully saturated rings. The number of fused-ring (bicyclic) bond motifs is 1. The lowest BCUT2D eigenvalue weighted by Crippen LogP contribution is -1.81. The average Bonchev–Trinajstić information content (AvgIpc) is 2.17. The van der Waals surface area contributed by atoms with Crippen LogP contribution in [0.25, 0.3) is 0 Å². The van der Waals surface area contributed by atoms with Crippen LogP contribution in [0.4, 0.5) is 0 Å². The molecule has 0 aromatic rings. The summed E-state index contributed by atoms with van der Waals surface area (Å²) in [4.78, 5) is 0. The number of rotatable bonds is 0. The van der Waals surface area contributed by atoms with E-state index >= 15 is 0 Å². The second-order valence-electron chi connectivity index (χ2n) is 2.13. The van der Waals surface area contributed by atoms with E-state index in [2.05, 4.69) is 0 Å². The van der Waals surface area contributed by atoms with Crippen LogP contribution in [0.2, 0.25) is 0 Å². The SMILES string of the molecule is [CH]1OCC2CC12. The zero-order valence-corrected chi connectivity index (χ0v) is 3.55. The zero-order chi connectivity index (χ0) is 3.98. The van der Waals surface area contributed by atoms with E-state index in [9.17, 15) is 0 Å². The van der Waals surface area contributed by atoms with Gasteiger partial charge in [0.1, 0.15) is 0 Å². The van der Waals surface area contributed by atoms with Crippen LogP contribution >= 0.6 is 0 Å². The summed E-state index contributed by atoms with van der Waals surface area (Å²) >= 11 is 0. The lowest BCUT2D eigenvalue weighted by Gasteiger charge is -1.86. The Kier molecular flexibility index (Phi) is 0.396. The minimum absolute atomic E-state index is 0.866. The van der Waals surface area contributed by atoms with Crippen molar-refractivity contribution in [1.29, 1.82) is 0 Å². The summed E-state index contributed by atoms with van der Waals surface area (Å²) in [5.74, 6) is 1.80. The van der Waals surface area contributed by atoms with E-state index in [-0.39, 0.29) is 0 Å². The summed E-state index contributed by atoms with van der Waals surface area (Å²) in [5, 5.41) is 0. The molecule has 2 rings (SSSR count). The largest absolute Gasteiger partial charge is 0.375 e. The van der Waals surface area contributed by atoms with Crippen molar-refractivity contribution in [3.8, 4) is 0 Å². The lowest BCUT2D eigenvalue weighted by atomic mass is 10.4. The third-order valence-electron chi connectivity index (χ3n) is 1.56. The van der Waals surface area contributed by atoms with Gasteiger partial charge in [-0.1, -0.05) is 0 Å². The molecule has 1 saturated carbocycles. The molecule has 0 amide bonds. The standard InChI is InChI=1S/C5H7O/c1-4-2-6-3-5(1)4/h2,4-5H,1,3H2. The number of hydrogen-bond acceptors (Lipinski definition) is 1. The maximum atomic E-state index is 4.98. The lowest BCUT2D eigenvalue weighted by molar-refractivity contribution is 0.222. The van der Waals surface area contributed by atoms with E-state index in [0.717, 1.165) is 18.4 Å². The molecule has 1 heterocycles. The molecule has 33 valence electrons. The van der Waals surface area contributed by atoms with Crippen molar-refractivity contribution >= 4 is 0 Å². The Morgan fingerprint density at radius 1 is 1.67 bits per heavy atom. The van der Waals surface area contributed by atoms with Gasteiger partial charge in [0, 0.05) is 0 Å².